The van der Waals surface area contributed by atoms with E-state index in [9.17, 15) is 16.8 Å². The number of benzene rings is 2. The molecule has 0 aliphatic heterocycles. The van der Waals surface area contributed by atoms with E-state index in [0.29, 0.717) is 47.3 Å². The van der Waals surface area contributed by atoms with Crippen molar-refractivity contribution in [3.8, 4) is 23.0 Å². The van der Waals surface area contributed by atoms with Crippen molar-refractivity contribution in [2.45, 2.75) is 19.9 Å². The molecule has 0 radical (unpaired) electrons. The van der Waals surface area contributed by atoms with E-state index >= 15 is 0 Å². The molecule has 0 aliphatic carbocycles. The molecule has 0 unspecified atom stereocenters. The number of rotatable bonds is 11. The Hall–Kier alpha value is -2.96. The zero-order valence-corrected chi connectivity index (χ0v) is 23.0. The number of hydrogen-bond donors (Lipinski definition) is 2. The molecule has 36 heavy (non-hydrogen) atoms. The molecule has 0 fully saturated rings. The molecule has 2 rings (SSSR count). The molecule has 2 aromatic carbocycles. The Morgan fingerprint density at radius 2 is 1.42 bits per heavy atom. The average Bonchev–Trinajstić information content (AvgIpc) is 2.77. The summed E-state index contributed by atoms with van der Waals surface area (Å²) in [7, 11) is -3.59. The molecule has 0 heterocycles. The van der Waals surface area contributed by atoms with E-state index in [1.165, 1.54) is 14.2 Å². The predicted molar refractivity (Wildman–Crippen MR) is 142 cm³/mol. The highest BCUT2D eigenvalue weighted by Crippen LogP contribution is 2.31. The molecular formula is C24H36N2O8S2. The zero-order chi connectivity index (χ0) is 28.4. The summed E-state index contributed by atoms with van der Waals surface area (Å²) in [5.74, 6) is 1.60. The van der Waals surface area contributed by atoms with Gasteiger partial charge in [-0.15, -0.1) is 0 Å². The fourth-order valence-electron chi connectivity index (χ4n) is 2.93. The predicted octanol–water partition coefficient (Wildman–Crippen LogP) is 2.53. The van der Waals surface area contributed by atoms with Gasteiger partial charge in [0.05, 0.1) is 45.7 Å². The zero-order valence-electron chi connectivity index (χ0n) is 22.4. The van der Waals surface area contributed by atoms with Crippen LogP contribution in [0, 0.1) is 0 Å². The number of hydrogen-bond acceptors (Lipinski definition) is 10. The molecule has 4 N–H and O–H groups in total. The summed E-state index contributed by atoms with van der Waals surface area (Å²) in [6.07, 6.45) is 2.14. The van der Waals surface area contributed by atoms with Crippen LogP contribution in [0.3, 0.4) is 0 Å². The van der Waals surface area contributed by atoms with Gasteiger partial charge >= 0.3 is 0 Å². The molecule has 0 aromatic heterocycles. The molecule has 0 aliphatic rings. The lowest BCUT2D eigenvalue weighted by atomic mass is 10.1. The van der Waals surface area contributed by atoms with Gasteiger partial charge < -0.3 is 30.4 Å². The first-order valence-electron chi connectivity index (χ1n) is 11.3. The first kappa shape index (κ1) is 29.3. The van der Waals surface area contributed by atoms with Crippen molar-refractivity contribution in [1.29, 1.82) is 0 Å². The van der Waals surface area contributed by atoms with E-state index < -0.39 is 31.4 Å². The Morgan fingerprint density at radius 1 is 0.917 bits per heavy atom. The van der Waals surface area contributed by atoms with Crippen molar-refractivity contribution in [3.05, 3.63) is 52.9 Å². The quantitative estimate of drug-likeness (QED) is 0.430. The van der Waals surface area contributed by atoms with Gasteiger partial charge in [0.1, 0.15) is 9.84 Å². The van der Waals surface area contributed by atoms with E-state index in [0.717, 1.165) is 17.9 Å². The summed E-state index contributed by atoms with van der Waals surface area (Å²) in [5.41, 5.74) is 12.6. The van der Waals surface area contributed by atoms with Crippen LogP contribution in [-0.2, 0) is 19.7 Å². The molecule has 0 saturated carbocycles. The second-order valence-electron chi connectivity index (χ2n) is 7.60. The number of nitrogens with two attached hydrogens (primary N) is 2. The van der Waals surface area contributed by atoms with Gasteiger partial charge in [0.15, 0.2) is 32.8 Å². The Balaban J connectivity index is 0.000000371. The molecule has 202 valence electrons. The van der Waals surface area contributed by atoms with Gasteiger partial charge in [0.2, 0.25) is 0 Å². The number of ether oxygens (including phenoxy) is 4. The molecule has 2 aromatic rings. The summed E-state index contributed by atoms with van der Waals surface area (Å²) >= 11 is 0. The average molecular weight is 546 g/mol. The first-order valence-corrected chi connectivity index (χ1v) is 14.8. The van der Waals surface area contributed by atoms with Crippen molar-refractivity contribution in [3.63, 3.8) is 0 Å². The van der Waals surface area contributed by atoms with Crippen LogP contribution in [0.2, 0.25) is 0 Å². The third-order valence-electron chi connectivity index (χ3n) is 4.39. The van der Waals surface area contributed by atoms with Gasteiger partial charge in [-0.2, -0.15) is 0 Å². The fourth-order valence-corrected chi connectivity index (χ4v) is 4.26. The topological polar surface area (TPSA) is 157 Å². The standard InChI is InChI=1S/C12H19NO4S.C12H17NO4S/c2*1-4-17-12-7-9(5-6-11(12)16-2)10(13)8-18(3,14)15/h5-7,10H,4,8,13H2,1-3H3;5-8H,4,13H2,1-3H3/t10-;/m1./s1/i10D;. The van der Waals surface area contributed by atoms with Crippen LogP contribution in [0.15, 0.2) is 41.8 Å². The lowest BCUT2D eigenvalue weighted by molar-refractivity contribution is 0.310. The van der Waals surface area contributed by atoms with Gasteiger partial charge in [0.25, 0.3) is 0 Å². The summed E-state index contributed by atoms with van der Waals surface area (Å²) < 4.78 is 73.9. The summed E-state index contributed by atoms with van der Waals surface area (Å²) in [4.78, 5) is 0. The van der Waals surface area contributed by atoms with E-state index in [4.69, 9.17) is 31.8 Å². The summed E-state index contributed by atoms with van der Waals surface area (Å²) in [6.45, 7) is 4.58. The second-order valence-corrected chi connectivity index (χ2v) is 11.6. The second kappa shape index (κ2) is 14.0. The van der Waals surface area contributed by atoms with Crippen LogP contribution < -0.4 is 30.4 Å². The molecule has 0 bridgehead atoms. The lowest BCUT2D eigenvalue weighted by Crippen LogP contribution is -2.20. The van der Waals surface area contributed by atoms with E-state index in [2.05, 4.69) is 0 Å². The SMILES string of the molecule is CCOc1cc(C(N)=CS(C)(=O)=O)ccc1OC.[2H][C@@](N)(CS(C)(=O)=O)c1ccc(OC)c(OCC)c1. The molecule has 0 amide bonds. The Kier molecular flexibility index (Phi) is 11.3. The molecule has 1 atom stereocenters. The molecule has 10 nitrogen and oxygen atoms in total. The van der Waals surface area contributed by atoms with Gasteiger partial charge in [0, 0.05) is 24.1 Å². The van der Waals surface area contributed by atoms with Crippen LogP contribution in [0.1, 0.15) is 32.4 Å². The van der Waals surface area contributed by atoms with Gasteiger partial charge in [-0.25, -0.2) is 16.8 Å². The summed E-state index contributed by atoms with van der Waals surface area (Å²) in [6, 6.07) is 8.02. The fraction of sp³-hybridized carbons (Fsp3) is 0.417. The van der Waals surface area contributed by atoms with Crippen LogP contribution in [0.4, 0.5) is 0 Å². The normalized spacial score (nSPS) is 14.0. The first-order chi connectivity index (χ1) is 17.1. The van der Waals surface area contributed by atoms with E-state index in [1.807, 2.05) is 13.8 Å². The van der Waals surface area contributed by atoms with Gasteiger partial charge in [-0.05, 0) is 49.7 Å². The van der Waals surface area contributed by atoms with Crippen molar-refractivity contribution in [2.75, 3.05) is 45.7 Å². The van der Waals surface area contributed by atoms with Gasteiger partial charge in [-0.1, -0.05) is 6.07 Å². The maximum Gasteiger partial charge on any atom is 0.170 e. The van der Waals surface area contributed by atoms with Crippen molar-refractivity contribution in [2.24, 2.45) is 11.5 Å². The minimum atomic E-state index is -3.36. The van der Waals surface area contributed by atoms with Crippen LogP contribution in [0.5, 0.6) is 23.0 Å². The Bertz CT molecular complexity index is 1290. The number of sulfone groups is 2. The smallest absolute Gasteiger partial charge is 0.170 e. The summed E-state index contributed by atoms with van der Waals surface area (Å²) in [5, 5.41) is 1.02. The van der Waals surface area contributed by atoms with Crippen molar-refractivity contribution < 1.29 is 37.2 Å². The Morgan fingerprint density at radius 3 is 1.86 bits per heavy atom. The van der Waals surface area contributed by atoms with Crippen LogP contribution >= 0.6 is 0 Å². The van der Waals surface area contributed by atoms with Crippen LogP contribution in [0.25, 0.3) is 5.70 Å². The van der Waals surface area contributed by atoms with E-state index in [-0.39, 0.29) is 5.70 Å². The minimum absolute atomic E-state index is 0.168. The maximum atomic E-state index is 11.3. The number of methoxy groups -OCH3 is 2. The molecular weight excluding hydrogens is 508 g/mol. The monoisotopic (exact) mass is 545 g/mol. The Labute approximate surface area is 215 Å². The lowest BCUT2D eigenvalue weighted by Gasteiger charge is -2.15. The van der Waals surface area contributed by atoms with Crippen molar-refractivity contribution in [1.82, 2.24) is 0 Å². The highest BCUT2D eigenvalue weighted by atomic mass is 32.2. The van der Waals surface area contributed by atoms with Crippen molar-refractivity contribution >= 4 is 25.4 Å². The highest BCUT2D eigenvalue weighted by Gasteiger charge is 2.15. The highest BCUT2D eigenvalue weighted by molar-refractivity contribution is 7.93. The molecule has 0 spiro atoms. The van der Waals surface area contributed by atoms with Gasteiger partial charge in [-0.3, -0.25) is 0 Å². The van der Waals surface area contributed by atoms with Crippen LogP contribution in [-0.4, -0.2) is 62.5 Å². The van der Waals surface area contributed by atoms with E-state index in [1.54, 1.807) is 36.4 Å². The third-order valence-corrected chi connectivity index (χ3v) is 5.91. The maximum absolute atomic E-state index is 11.3. The third kappa shape index (κ3) is 10.8. The molecule has 0 saturated heterocycles. The minimum Gasteiger partial charge on any atom is -0.493 e. The largest absolute Gasteiger partial charge is 0.493 e. The molecule has 12 heteroatoms.